The fourth-order valence-electron chi connectivity index (χ4n) is 2.67. The zero-order chi connectivity index (χ0) is 17.3. The number of carbonyl (C=O) groups excluding carboxylic acids is 2. The number of nitrogens with one attached hydrogen (secondary N) is 1. The smallest absolute Gasteiger partial charge is 0.272 e. The highest BCUT2D eigenvalue weighted by Gasteiger charge is 2.30. The first kappa shape index (κ1) is 17.3. The lowest BCUT2D eigenvalue weighted by molar-refractivity contribution is -0.120. The van der Waals surface area contributed by atoms with Crippen LogP contribution in [0.3, 0.4) is 0 Å². The lowest BCUT2D eigenvalue weighted by Crippen LogP contribution is -2.31. The highest BCUT2D eigenvalue weighted by atomic mass is 32.2. The van der Waals surface area contributed by atoms with Crippen LogP contribution in [0.2, 0.25) is 0 Å². The van der Waals surface area contributed by atoms with E-state index in [4.69, 9.17) is 5.14 Å². The Balaban J connectivity index is 2.21. The Morgan fingerprint density at radius 3 is 2.52 bits per heavy atom. The molecule has 1 aromatic rings. The lowest BCUT2D eigenvalue weighted by Gasteiger charge is -2.29. The molecule has 0 unspecified atom stereocenters. The average Bonchev–Trinajstić information content (AvgIpc) is 2.41. The average molecular weight is 337 g/mol. The quantitative estimate of drug-likeness (QED) is 0.805. The van der Waals surface area contributed by atoms with Gasteiger partial charge in [-0.25, -0.2) is 19.0 Å². The molecule has 7 nitrogen and oxygen atoms in total. The third-order valence-corrected chi connectivity index (χ3v) is 4.48. The van der Waals surface area contributed by atoms with Crippen molar-refractivity contribution in [2.45, 2.75) is 38.0 Å². The number of nitrogens with two attached hydrogens (primary N) is 1. The number of carbonyl (C=O) groups is 2. The number of hydrogen-bond donors (Lipinski definition) is 2. The summed E-state index contributed by atoms with van der Waals surface area (Å²) in [6.45, 7) is 3.91. The minimum absolute atomic E-state index is 0.0687. The van der Waals surface area contributed by atoms with Crippen molar-refractivity contribution in [2.75, 3.05) is 0 Å². The predicted octanol–water partition coefficient (Wildman–Crippen LogP) is 1.20. The number of hydrogen-bond acceptors (Lipinski definition) is 5. The summed E-state index contributed by atoms with van der Waals surface area (Å²) in [5, 5.41) is 9.09. The molecule has 1 amide bonds. The van der Waals surface area contributed by atoms with Gasteiger partial charge in [-0.2, -0.15) is 5.10 Å². The molecule has 8 heteroatoms. The van der Waals surface area contributed by atoms with E-state index in [9.17, 15) is 18.0 Å². The Bertz CT molecular complexity index is 782. The Kier molecular flexibility index (Phi) is 4.67. The van der Waals surface area contributed by atoms with Crippen LogP contribution < -0.4 is 10.6 Å². The highest BCUT2D eigenvalue weighted by Crippen LogP contribution is 2.31. The van der Waals surface area contributed by atoms with Crippen molar-refractivity contribution in [3.8, 4) is 0 Å². The number of benzene rings is 1. The third-order valence-electron chi connectivity index (χ3n) is 3.51. The van der Waals surface area contributed by atoms with Gasteiger partial charge in [0.15, 0.2) is 0 Å². The summed E-state index contributed by atoms with van der Waals surface area (Å²) in [6, 6.07) is 5.62. The normalized spacial score (nSPS) is 19.6. The van der Waals surface area contributed by atoms with Gasteiger partial charge >= 0.3 is 0 Å². The van der Waals surface area contributed by atoms with Crippen molar-refractivity contribution in [2.24, 2.45) is 15.7 Å². The molecule has 2 rings (SSSR count). The summed E-state index contributed by atoms with van der Waals surface area (Å²) < 4.78 is 23.0. The first-order valence-corrected chi connectivity index (χ1v) is 8.62. The third kappa shape index (κ3) is 4.46. The highest BCUT2D eigenvalue weighted by molar-refractivity contribution is 7.89. The van der Waals surface area contributed by atoms with Gasteiger partial charge in [-0.15, -0.1) is 0 Å². The van der Waals surface area contributed by atoms with Crippen LogP contribution in [0.15, 0.2) is 34.3 Å². The Morgan fingerprint density at radius 2 is 1.91 bits per heavy atom. The van der Waals surface area contributed by atoms with E-state index in [-0.39, 0.29) is 28.1 Å². The van der Waals surface area contributed by atoms with Gasteiger partial charge in [0.1, 0.15) is 5.78 Å². The van der Waals surface area contributed by atoms with Gasteiger partial charge in [0.2, 0.25) is 10.0 Å². The second-order valence-corrected chi connectivity index (χ2v) is 7.92. The van der Waals surface area contributed by atoms with Crippen molar-refractivity contribution >= 4 is 27.4 Å². The van der Waals surface area contributed by atoms with Crippen LogP contribution in [0.25, 0.3) is 0 Å². The maximum absolute atomic E-state index is 12.2. The molecule has 0 aromatic heterocycles. The van der Waals surface area contributed by atoms with Gasteiger partial charge in [0.25, 0.3) is 5.91 Å². The molecule has 23 heavy (non-hydrogen) atoms. The maximum atomic E-state index is 12.2. The predicted molar refractivity (Wildman–Crippen MR) is 85.4 cm³/mol. The van der Waals surface area contributed by atoms with Crippen molar-refractivity contribution in [3.63, 3.8) is 0 Å². The van der Waals surface area contributed by atoms with Crippen molar-refractivity contribution in [3.05, 3.63) is 29.8 Å². The van der Waals surface area contributed by atoms with E-state index < -0.39 is 15.9 Å². The largest absolute Gasteiger partial charge is 0.299 e. The summed E-state index contributed by atoms with van der Waals surface area (Å²) in [5.41, 5.74) is 2.61. The summed E-state index contributed by atoms with van der Waals surface area (Å²) in [5.74, 6) is -0.614. The second-order valence-electron chi connectivity index (χ2n) is 6.39. The van der Waals surface area contributed by atoms with Gasteiger partial charge in [-0.1, -0.05) is 26.0 Å². The number of Topliss-reactive ketones (excluding diaryl/α,β-unsaturated/α-hetero) is 1. The first-order valence-electron chi connectivity index (χ1n) is 7.08. The van der Waals surface area contributed by atoms with Crippen LogP contribution in [0.1, 0.15) is 43.5 Å². The minimum Gasteiger partial charge on any atom is -0.299 e. The van der Waals surface area contributed by atoms with Gasteiger partial charge in [-0.05, 0) is 24.0 Å². The molecular formula is C15H19N3O4S. The van der Waals surface area contributed by atoms with E-state index >= 15 is 0 Å². The van der Waals surface area contributed by atoms with Crippen LogP contribution in [0.5, 0.6) is 0 Å². The Morgan fingerprint density at radius 1 is 1.26 bits per heavy atom. The van der Waals surface area contributed by atoms with Crippen molar-refractivity contribution in [1.29, 1.82) is 0 Å². The summed E-state index contributed by atoms with van der Waals surface area (Å²) in [6.07, 6.45) is 1.27. The van der Waals surface area contributed by atoms with Crippen molar-refractivity contribution < 1.29 is 18.0 Å². The fourth-order valence-corrected chi connectivity index (χ4v) is 3.41. The number of nitrogens with zero attached hydrogens (tertiary/aromatic N) is 1. The standard InChI is InChI=1S/C15H19N3O4S/c1-15(2)8-10(7-11(19)9-15)17-18-14(20)12-5-3-4-6-13(12)23(16,21)22/h3-6H,7-9H2,1-2H3,(H,18,20)(H2,16,21,22)/b17-10+. The van der Waals surface area contributed by atoms with E-state index in [1.165, 1.54) is 24.3 Å². The minimum atomic E-state index is -4.01. The van der Waals surface area contributed by atoms with Crippen molar-refractivity contribution in [1.82, 2.24) is 5.43 Å². The SMILES string of the molecule is CC1(C)CC(=O)C/C(=N\NC(=O)c2ccccc2S(N)(=O)=O)C1. The molecule has 0 spiro atoms. The zero-order valence-electron chi connectivity index (χ0n) is 13.0. The monoisotopic (exact) mass is 337 g/mol. The van der Waals surface area contributed by atoms with Gasteiger partial charge < -0.3 is 0 Å². The zero-order valence-corrected chi connectivity index (χ0v) is 13.8. The summed E-state index contributed by atoms with van der Waals surface area (Å²) in [7, 11) is -4.01. The molecule has 0 heterocycles. The van der Waals surface area contributed by atoms with Crippen LogP contribution >= 0.6 is 0 Å². The van der Waals surface area contributed by atoms with Crippen LogP contribution in [-0.4, -0.2) is 25.8 Å². The molecule has 124 valence electrons. The van der Waals surface area contributed by atoms with Crippen LogP contribution in [-0.2, 0) is 14.8 Å². The van der Waals surface area contributed by atoms with Crippen LogP contribution in [0, 0.1) is 5.41 Å². The van der Waals surface area contributed by atoms with E-state index in [2.05, 4.69) is 10.5 Å². The number of hydrazone groups is 1. The Labute approximate surface area is 135 Å². The molecular weight excluding hydrogens is 318 g/mol. The van der Waals surface area contributed by atoms with E-state index in [1.807, 2.05) is 13.8 Å². The number of sulfonamides is 1. The van der Waals surface area contributed by atoms with Gasteiger partial charge in [-0.3, -0.25) is 9.59 Å². The van der Waals surface area contributed by atoms with E-state index in [1.54, 1.807) is 0 Å². The summed E-state index contributed by atoms with van der Waals surface area (Å²) in [4.78, 5) is 23.6. The lowest BCUT2D eigenvalue weighted by atomic mass is 9.76. The Hall–Kier alpha value is -2.06. The molecule has 1 saturated carbocycles. The molecule has 1 fully saturated rings. The van der Waals surface area contributed by atoms with Gasteiger partial charge in [0, 0.05) is 18.6 Å². The number of rotatable bonds is 3. The fraction of sp³-hybridized carbons (Fsp3) is 0.400. The van der Waals surface area contributed by atoms with E-state index in [0.717, 1.165) is 0 Å². The second kappa shape index (κ2) is 6.21. The number of ketones is 1. The van der Waals surface area contributed by atoms with Crippen LogP contribution in [0.4, 0.5) is 0 Å². The van der Waals surface area contributed by atoms with Gasteiger partial charge in [0.05, 0.1) is 10.5 Å². The number of amides is 1. The molecule has 0 aliphatic heterocycles. The molecule has 1 aromatic carbocycles. The van der Waals surface area contributed by atoms with E-state index in [0.29, 0.717) is 18.6 Å². The molecule has 1 aliphatic rings. The molecule has 0 radical (unpaired) electrons. The summed E-state index contributed by atoms with van der Waals surface area (Å²) >= 11 is 0. The molecule has 1 aliphatic carbocycles. The topological polar surface area (TPSA) is 119 Å². The molecule has 0 saturated heterocycles. The molecule has 3 N–H and O–H groups in total. The maximum Gasteiger partial charge on any atom is 0.272 e. The first-order chi connectivity index (χ1) is 10.6. The number of primary sulfonamides is 1. The molecule has 0 bridgehead atoms. The molecule has 0 atom stereocenters.